The van der Waals surface area contributed by atoms with Gasteiger partial charge in [-0.05, 0) is 18.2 Å². The van der Waals surface area contributed by atoms with Crippen molar-refractivity contribution in [2.75, 3.05) is 19.0 Å². The predicted octanol–water partition coefficient (Wildman–Crippen LogP) is 2.00. The molecule has 1 heterocycles. The Morgan fingerprint density at radius 1 is 1.25 bits per heavy atom. The van der Waals surface area contributed by atoms with Gasteiger partial charge in [0, 0.05) is 19.5 Å². The van der Waals surface area contributed by atoms with Crippen molar-refractivity contribution in [2.24, 2.45) is 0 Å². The van der Waals surface area contributed by atoms with E-state index in [1.807, 2.05) is 37.2 Å². The summed E-state index contributed by atoms with van der Waals surface area (Å²) in [5.41, 5.74) is 0.766. The molecule has 0 unspecified atom stereocenters. The van der Waals surface area contributed by atoms with Gasteiger partial charge in [-0.3, -0.25) is 0 Å². The fraction of sp³-hybridized carbons (Fsp3) is 0.167. The zero-order valence-electron chi connectivity index (χ0n) is 9.14. The molecule has 0 aliphatic rings. The molecule has 0 amide bonds. The lowest BCUT2D eigenvalue weighted by molar-refractivity contribution is 0.0699. The number of rotatable bonds is 2. The van der Waals surface area contributed by atoms with Crippen LogP contribution in [-0.4, -0.2) is 30.2 Å². The Labute approximate surface area is 93.1 Å². The molecule has 0 aliphatic carbocycles. The van der Waals surface area contributed by atoms with Gasteiger partial charge < -0.3 is 10.0 Å². The highest BCUT2D eigenvalue weighted by atomic mass is 16.4. The Morgan fingerprint density at radius 2 is 2.00 bits per heavy atom. The van der Waals surface area contributed by atoms with Crippen LogP contribution in [0.5, 0.6) is 0 Å². The molecule has 4 nitrogen and oxygen atoms in total. The molecule has 2 rings (SSSR count). The first-order valence-electron chi connectivity index (χ1n) is 4.90. The van der Waals surface area contributed by atoms with Crippen LogP contribution >= 0.6 is 0 Å². The van der Waals surface area contributed by atoms with Gasteiger partial charge in [0.25, 0.3) is 0 Å². The monoisotopic (exact) mass is 216 g/mol. The topological polar surface area (TPSA) is 53.4 Å². The van der Waals surface area contributed by atoms with E-state index in [1.54, 1.807) is 12.1 Å². The van der Waals surface area contributed by atoms with Gasteiger partial charge in [-0.15, -0.1) is 0 Å². The number of hydrogen-bond donors (Lipinski definition) is 1. The maximum absolute atomic E-state index is 11.0. The van der Waals surface area contributed by atoms with Crippen LogP contribution in [0.4, 0.5) is 5.82 Å². The summed E-state index contributed by atoms with van der Waals surface area (Å²) in [6.45, 7) is 0. The van der Waals surface area contributed by atoms with Crippen LogP contribution in [0.3, 0.4) is 0 Å². The normalized spacial score (nSPS) is 10.4. The van der Waals surface area contributed by atoms with Crippen LogP contribution in [0, 0.1) is 0 Å². The van der Waals surface area contributed by atoms with Gasteiger partial charge in [0.15, 0.2) is 0 Å². The molecule has 1 aromatic carbocycles. The Morgan fingerprint density at radius 3 is 2.62 bits per heavy atom. The maximum atomic E-state index is 11.0. The van der Waals surface area contributed by atoms with Gasteiger partial charge in [-0.2, -0.15) is 0 Å². The van der Waals surface area contributed by atoms with Crippen LogP contribution in [0.1, 0.15) is 10.4 Å². The molecule has 0 saturated carbocycles. The highest BCUT2D eigenvalue weighted by molar-refractivity contribution is 6.02. The summed E-state index contributed by atoms with van der Waals surface area (Å²) < 4.78 is 0. The molecule has 0 spiro atoms. The molecule has 0 radical (unpaired) electrons. The van der Waals surface area contributed by atoms with Crippen molar-refractivity contribution < 1.29 is 9.90 Å². The molecule has 2 aromatic rings. The molecule has 0 atom stereocenters. The summed E-state index contributed by atoms with van der Waals surface area (Å²) in [6.07, 6.45) is 0. The number of pyridine rings is 1. The largest absolute Gasteiger partial charge is 0.478 e. The number of carboxylic acids is 1. The number of fused-ring (bicyclic) bond motifs is 1. The Bertz CT molecular complexity index is 550. The second kappa shape index (κ2) is 3.81. The van der Waals surface area contributed by atoms with Gasteiger partial charge >= 0.3 is 5.97 Å². The number of para-hydroxylation sites is 1. The van der Waals surface area contributed by atoms with Crippen LogP contribution < -0.4 is 4.90 Å². The molecule has 0 bridgehead atoms. The van der Waals surface area contributed by atoms with Crippen LogP contribution in [0.25, 0.3) is 10.9 Å². The van der Waals surface area contributed by atoms with E-state index in [2.05, 4.69) is 4.98 Å². The van der Waals surface area contributed by atoms with Gasteiger partial charge in [0.2, 0.25) is 0 Å². The first-order chi connectivity index (χ1) is 7.59. The zero-order chi connectivity index (χ0) is 11.7. The minimum atomic E-state index is -0.950. The summed E-state index contributed by atoms with van der Waals surface area (Å²) in [5.74, 6) is -0.199. The maximum Gasteiger partial charge on any atom is 0.337 e. The van der Waals surface area contributed by atoms with Crippen molar-refractivity contribution >= 4 is 22.7 Å². The number of anilines is 1. The van der Waals surface area contributed by atoms with Crippen molar-refractivity contribution in [3.63, 3.8) is 0 Å². The minimum Gasteiger partial charge on any atom is -0.478 e. The van der Waals surface area contributed by atoms with Crippen molar-refractivity contribution in [3.05, 3.63) is 35.9 Å². The SMILES string of the molecule is CN(C)c1ccc2cccc(C(=O)O)c2n1. The van der Waals surface area contributed by atoms with E-state index in [1.165, 1.54) is 0 Å². The third-order valence-electron chi connectivity index (χ3n) is 2.39. The van der Waals surface area contributed by atoms with E-state index in [9.17, 15) is 4.79 Å². The van der Waals surface area contributed by atoms with Crippen LogP contribution in [-0.2, 0) is 0 Å². The molecule has 1 N–H and O–H groups in total. The van der Waals surface area contributed by atoms with E-state index in [0.717, 1.165) is 11.2 Å². The summed E-state index contributed by atoms with van der Waals surface area (Å²) in [6, 6.07) is 8.90. The molecular weight excluding hydrogens is 204 g/mol. The molecule has 16 heavy (non-hydrogen) atoms. The number of benzene rings is 1. The van der Waals surface area contributed by atoms with Gasteiger partial charge in [0.05, 0.1) is 11.1 Å². The molecule has 0 aliphatic heterocycles. The first-order valence-corrected chi connectivity index (χ1v) is 4.90. The second-order valence-corrected chi connectivity index (χ2v) is 3.75. The number of aromatic carboxylic acids is 1. The summed E-state index contributed by atoms with van der Waals surface area (Å²) in [7, 11) is 3.75. The summed E-state index contributed by atoms with van der Waals surface area (Å²) in [5, 5.41) is 9.90. The average molecular weight is 216 g/mol. The number of aromatic nitrogens is 1. The third kappa shape index (κ3) is 1.69. The average Bonchev–Trinajstić information content (AvgIpc) is 2.27. The van der Waals surface area contributed by atoms with E-state index >= 15 is 0 Å². The molecular formula is C12H12N2O2. The van der Waals surface area contributed by atoms with Gasteiger partial charge in [-0.25, -0.2) is 9.78 Å². The van der Waals surface area contributed by atoms with Crippen LogP contribution in [0.15, 0.2) is 30.3 Å². The predicted molar refractivity (Wildman–Crippen MR) is 63.0 cm³/mol. The van der Waals surface area contributed by atoms with Gasteiger partial charge in [-0.1, -0.05) is 12.1 Å². The van der Waals surface area contributed by atoms with Crippen LogP contribution in [0.2, 0.25) is 0 Å². The van der Waals surface area contributed by atoms with E-state index in [-0.39, 0.29) is 5.56 Å². The first kappa shape index (κ1) is 10.4. The van der Waals surface area contributed by atoms with Crippen molar-refractivity contribution in [3.8, 4) is 0 Å². The quantitative estimate of drug-likeness (QED) is 0.834. The molecule has 82 valence electrons. The number of carboxylic acid groups (broad SMARTS) is 1. The Hall–Kier alpha value is -2.10. The molecule has 1 aromatic heterocycles. The smallest absolute Gasteiger partial charge is 0.337 e. The van der Waals surface area contributed by atoms with E-state index < -0.39 is 5.97 Å². The van der Waals surface area contributed by atoms with Gasteiger partial charge in [0.1, 0.15) is 5.82 Å². The lowest BCUT2D eigenvalue weighted by atomic mass is 10.1. The second-order valence-electron chi connectivity index (χ2n) is 3.75. The lowest BCUT2D eigenvalue weighted by Crippen LogP contribution is -2.11. The van der Waals surface area contributed by atoms with Crippen molar-refractivity contribution in [1.82, 2.24) is 4.98 Å². The fourth-order valence-corrected chi connectivity index (χ4v) is 1.56. The van der Waals surface area contributed by atoms with Crippen molar-refractivity contribution in [1.29, 1.82) is 0 Å². The highest BCUT2D eigenvalue weighted by Gasteiger charge is 2.10. The fourth-order valence-electron chi connectivity index (χ4n) is 1.56. The van der Waals surface area contributed by atoms with E-state index in [0.29, 0.717) is 5.52 Å². The molecule has 0 fully saturated rings. The van der Waals surface area contributed by atoms with Crippen molar-refractivity contribution in [2.45, 2.75) is 0 Å². The molecule has 4 heteroatoms. The minimum absolute atomic E-state index is 0.237. The lowest BCUT2D eigenvalue weighted by Gasteiger charge is -2.12. The number of hydrogen-bond acceptors (Lipinski definition) is 3. The standard InChI is InChI=1S/C12H12N2O2/c1-14(2)10-7-6-8-4-3-5-9(12(15)16)11(8)13-10/h3-7H,1-2H3,(H,15,16). The Balaban J connectivity index is 2.73. The number of carbonyl (C=O) groups is 1. The summed E-state index contributed by atoms with van der Waals surface area (Å²) in [4.78, 5) is 17.2. The van der Waals surface area contributed by atoms with E-state index in [4.69, 9.17) is 5.11 Å². The number of nitrogens with zero attached hydrogens (tertiary/aromatic N) is 2. The zero-order valence-corrected chi connectivity index (χ0v) is 9.14. The highest BCUT2D eigenvalue weighted by Crippen LogP contribution is 2.20. The Kier molecular flexibility index (Phi) is 2.48. The molecule has 0 saturated heterocycles. The summed E-state index contributed by atoms with van der Waals surface area (Å²) >= 11 is 0. The third-order valence-corrected chi connectivity index (χ3v) is 2.39.